The van der Waals surface area contributed by atoms with Crippen molar-refractivity contribution in [2.45, 2.75) is 45.6 Å². The molecule has 102 valence electrons. The first-order valence-electron chi connectivity index (χ1n) is 6.83. The lowest BCUT2D eigenvalue weighted by molar-refractivity contribution is 0.646. The molecule has 0 bridgehead atoms. The Balaban J connectivity index is 2.72. The maximum Gasteiger partial charge on any atom is 0.0642 e. The van der Waals surface area contributed by atoms with Gasteiger partial charge in [0, 0.05) is 19.6 Å². The Morgan fingerprint density at radius 1 is 1.33 bits per heavy atom. The van der Waals surface area contributed by atoms with Crippen LogP contribution in [0.2, 0.25) is 5.02 Å². The van der Waals surface area contributed by atoms with Gasteiger partial charge < -0.3 is 10.6 Å². The van der Waals surface area contributed by atoms with Crippen molar-refractivity contribution in [3.8, 4) is 0 Å². The lowest BCUT2D eigenvalue weighted by atomic mass is 10.0. The van der Waals surface area contributed by atoms with Gasteiger partial charge in [0.1, 0.15) is 0 Å². The highest BCUT2D eigenvalue weighted by atomic mass is 35.5. The normalized spacial score (nSPS) is 12.5. The number of benzene rings is 1. The van der Waals surface area contributed by atoms with Gasteiger partial charge in [-0.3, -0.25) is 0 Å². The summed E-state index contributed by atoms with van der Waals surface area (Å²) in [5.41, 5.74) is 8.30. The minimum Gasteiger partial charge on any atom is -0.373 e. The monoisotopic (exact) mass is 268 g/mol. The molecule has 0 saturated heterocycles. The first-order chi connectivity index (χ1) is 8.58. The summed E-state index contributed by atoms with van der Waals surface area (Å²) in [6, 6.07) is 6.52. The van der Waals surface area contributed by atoms with E-state index in [0.717, 1.165) is 30.1 Å². The molecule has 3 heteroatoms. The Morgan fingerprint density at radius 3 is 2.61 bits per heavy atom. The van der Waals surface area contributed by atoms with E-state index in [0.29, 0.717) is 0 Å². The van der Waals surface area contributed by atoms with Gasteiger partial charge in [0.2, 0.25) is 0 Å². The van der Waals surface area contributed by atoms with Crippen molar-refractivity contribution >= 4 is 17.3 Å². The molecule has 0 saturated carbocycles. The maximum atomic E-state index is 6.35. The number of rotatable bonds is 7. The number of halogens is 1. The van der Waals surface area contributed by atoms with Crippen molar-refractivity contribution in [3.05, 3.63) is 28.8 Å². The van der Waals surface area contributed by atoms with Crippen LogP contribution in [0.15, 0.2) is 18.2 Å². The lowest BCUT2D eigenvalue weighted by Gasteiger charge is -2.21. The Labute approximate surface area is 116 Å². The van der Waals surface area contributed by atoms with Crippen LogP contribution in [0.25, 0.3) is 0 Å². The molecule has 2 N–H and O–H groups in total. The van der Waals surface area contributed by atoms with Crippen molar-refractivity contribution < 1.29 is 0 Å². The van der Waals surface area contributed by atoms with E-state index in [2.05, 4.69) is 44.0 Å². The number of hydrogen-bond donors (Lipinski definition) is 1. The van der Waals surface area contributed by atoms with Crippen LogP contribution in [-0.2, 0) is 6.42 Å². The van der Waals surface area contributed by atoms with Gasteiger partial charge in [-0.2, -0.15) is 0 Å². The summed E-state index contributed by atoms with van der Waals surface area (Å²) >= 11 is 6.35. The topological polar surface area (TPSA) is 29.3 Å². The molecule has 0 heterocycles. The quantitative estimate of drug-likeness (QED) is 0.814. The van der Waals surface area contributed by atoms with Gasteiger partial charge in [-0.05, 0) is 37.0 Å². The predicted octanol–water partition coefficient (Wildman–Crippen LogP) is 3.86. The maximum absolute atomic E-state index is 6.35. The number of nitrogens with two attached hydrogens (primary N) is 1. The van der Waals surface area contributed by atoms with Gasteiger partial charge in [-0.25, -0.2) is 0 Å². The molecule has 0 aliphatic heterocycles. The van der Waals surface area contributed by atoms with Gasteiger partial charge in [0.05, 0.1) is 10.7 Å². The fourth-order valence-electron chi connectivity index (χ4n) is 1.95. The standard InChI is InChI=1S/C15H25ClN2/c1-4-6-9-18(3)15-8-7-12(11-14(15)16)10-13(17)5-2/h7-8,11,13H,4-6,9-10,17H2,1-3H3. The fourth-order valence-corrected chi connectivity index (χ4v) is 2.30. The molecular weight excluding hydrogens is 244 g/mol. The molecule has 18 heavy (non-hydrogen) atoms. The Hall–Kier alpha value is -0.730. The Bertz CT molecular complexity index is 366. The minimum absolute atomic E-state index is 0.227. The summed E-state index contributed by atoms with van der Waals surface area (Å²) in [5, 5.41) is 0.828. The van der Waals surface area contributed by atoms with Crippen LogP contribution in [0.3, 0.4) is 0 Å². The van der Waals surface area contributed by atoms with Gasteiger partial charge in [-0.1, -0.05) is 37.9 Å². The molecule has 1 unspecified atom stereocenters. The number of nitrogens with zero attached hydrogens (tertiary/aromatic N) is 1. The molecule has 1 rings (SSSR count). The van der Waals surface area contributed by atoms with E-state index in [-0.39, 0.29) is 6.04 Å². The van der Waals surface area contributed by atoms with E-state index in [1.807, 2.05) is 0 Å². The third-order valence-electron chi connectivity index (χ3n) is 3.29. The minimum atomic E-state index is 0.227. The van der Waals surface area contributed by atoms with Crippen LogP contribution in [-0.4, -0.2) is 19.6 Å². The average molecular weight is 269 g/mol. The zero-order valence-electron chi connectivity index (χ0n) is 11.7. The van der Waals surface area contributed by atoms with E-state index < -0.39 is 0 Å². The summed E-state index contributed by atoms with van der Waals surface area (Å²) in [7, 11) is 2.09. The van der Waals surface area contributed by atoms with Crippen LogP contribution in [0, 0.1) is 0 Å². The van der Waals surface area contributed by atoms with Crippen LogP contribution < -0.4 is 10.6 Å². The molecule has 0 aliphatic rings. The number of unbranched alkanes of at least 4 members (excludes halogenated alkanes) is 1. The van der Waals surface area contributed by atoms with Gasteiger partial charge in [-0.15, -0.1) is 0 Å². The van der Waals surface area contributed by atoms with E-state index in [4.69, 9.17) is 17.3 Å². The van der Waals surface area contributed by atoms with Crippen molar-refractivity contribution in [2.75, 3.05) is 18.5 Å². The Kier molecular flexibility index (Phi) is 6.51. The summed E-state index contributed by atoms with van der Waals surface area (Å²) in [6.45, 7) is 5.36. The van der Waals surface area contributed by atoms with Crippen molar-refractivity contribution in [3.63, 3.8) is 0 Å². The van der Waals surface area contributed by atoms with Crippen LogP contribution in [0.1, 0.15) is 38.7 Å². The van der Waals surface area contributed by atoms with Crippen LogP contribution in [0.4, 0.5) is 5.69 Å². The molecule has 0 aliphatic carbocycles. The summed E-state index contributed by atoms with van der Waals surface area (Å²) in [6.07, 6.45) is 4.28. The number of hydrogen-bond acceptors (Lipinski definition) is 2. The average Bonchev–Trinajstić information content (AvgIpc) is 2.36. The molecule has 0 fully saturated rings. The van der Waals surface area contributed by atoms with Crippen LogP contribution in [0.5, 0.6) is 0 Å². The number of anilines is 1. The van der Waals surface area contributed by atoms with Crippen LogP contribution >= 0.6 is 11.6 Å². The second-order valence-corrected chi connectivity index (χ2v) is 5.34. The van der Waals surface area contributed by atoms with E-state index in [1.54, 1.807) is 0 Å². The highest BCUT2D eigenvalue weighted by Gasteiger charge is 2.08. The second kappa shape index (κ2) is 7.65. The second-order valence-electron chi connectivity index (χ2n) is 4.93. The molecule has 0 aromatic heterocycles. The molecule has 2 nitrogen and oxygen atoms in total. The smallest absolute Gasteiger partial charge is 0.0642 e. The highest BCUT2D eigenvalue weighted by Crippen LogP contribution is 2.26. The van der Waals surface area contributed by atoms with Gasteiger partial charge in [0.25, 0.3) is 0 Å². The molecule has 0 radical (unpaired) electrons. The first-order valence-corrected chi connectivity index (χ1v) is 7.21. The molecular formula is C15H25ClN2. The lowest BCUT2D eigenvalue weighted by Crippen LogP contribution is -2.22. The molecule has 0 spiro atoms. The van der Waals surface area contributed by atoms with Gasteiger partial charge in [0.15, 0.2) is 0 Å². The predicted molar refractivity (Wildman–Crippen MR) is 81.6 cm³/mol. The van der Waals surface area contributed by atoms with Crippen molar-refractivity contribution in [2.24, 2.45) is 5.73 Å². The summed E-state index contributed by atoms with van der Waals surface area (Å²) < 4.78 is 0. The summed E-state index contributed by atoms with van der Waals surface area (Å²) in [4.78, 5) is 2.22. The molecule has 1 atom stereocenters. The molecule has 1 aromatic carbocycles. The zero-order chi connectivity index (χ0) is 13.5. The van der Waals surface area contributed by atoms with Gasteiger partial charge >= 0.3 is 0 Å². The summed E-state index contributed by atoms with van der Waals surface area (Å²) in [5.74, 6) is 0. The Morgan fingerprint density at radius 2 is 2.06 bits per heavy atom. The third kappa shape index (κ3) is 4.51. The van der Waals surface area contributed by atoms with E-state index in [9.17, 15) is 0 Å². The fraction of sp³-hybridized carbons (Fsp3) is 0.600. The van der Waals surface area contributed by atoms with Crippen molar-refractivity contribution in [1.29, 1.82) is 0 Å². The molecule has 0 amide bonds. The highest BCUT2D eigenvalue weighted by molar-refractivity contribution is 6.33. The first kappa shape index (κ1) is 15.3. The van der Waals surface area contributed by atoms with E-state index >= 15 is 0 Å². The van der Waals surface area contributed by atoms with Crippen molar-refractivity contribution in [1.82, 2.24) is 0 Å². The largest absolute Gasteiger partial charge is 0.373 e. The SMILES string of the molecule is CCCCN(C)c1ccc(CC(N)CC)cc1Cl. The zero-order valence-corrected chi connectivity index (χ0v) is 12.5. The third-order valence-corrected chi connectivity index (χ3v) is 3.60. The molecule has 1 aromatic rings. The van der Waals surface area contributed by atoms with E-state index in [1.165, 1.54) is 18.4 Å².